The lowest BCUT2D eigenvalue weighted by Gasteiger charge is -2.30. The van der Waals surface area contributed by atoms with Crippen LogP contribution in [-0.4, -0.2) is 25.4 Å². The first-order valence-electron chi connectivity index (χ1n) is 10.5. The Bertz CT molecular complexity index is 970. The standard InChI is InChI=1S/C23H29N5O/c1-17(2)13-27-14-21(28-15-24-25-16-28)12-22(23(27)29)26-20-10-8-19(9-11-20)18-6-4-3-5-7-18/h3-7,12,14-17,19-20,26H,8-11,13H2,1-2H3/t19-,20+. The normalized spacial score (nSPS) is 19.4. The second kappa shape index (κ2) is 8.64. The van der Waals surface area contributed by atoms with E-state index in [4.69, 9.17) is 0 Å². The maximum absolute atomic E-state index is 13.0. The molecule has 1 aromatic carbocycles. The Kier molecular flexibility index (Phi) is 5.79. The maximum Gasteiger partial charge on any atom is 0.274 e. The lowest BCUT2D eigenvalue weighted by molar-refractivity contribution is 0.411. The molecular weight excluding hydrogens is 362 g/mol. The van der Waals surface area contributed by atoms with E-state index in [-0.39, 0.29) is 5.56 Å². The van der Waals surface area contributed by atoms with Crippen molar-refractivity contribution in [3.05, 3.63) is 71.2 Å². The number of nitrogens with zero attached hydrogens (tertiary/aromatic N) is 4. The minimum absolute atomic E-state index is 0.0423. The van der Waals surface area contributed by atoms with Gasteiger partial charge in [-0.15, -0.1) is 10.2 Å². The highest BCUT2D eigenvalue weighted by atomic mass is 16.1. The van der Waals surface area contributed by atoms with Gasteiger partial charge in [0.2, 0.25) is 0 Å². The van der Waals surface area contributed by atoms with Crippen molar-refractivity contribution in [3.8, 4) is 5.69 Å². The summed E-state index contributed by atoms with van der Waals surface area (Å²) in [6.45, 7) is 4.93. The van der Waals surface area contributed by atoms with E-state index in [1.54, 1.807) is 17.2 Å². The molecule has 0 unspecified atom stereocenters. The van der Waals surface area contributed by atoms with Crippen LogP contribution in [0.15, 0.2) is 60.0 Å². The predicted octanol–water partition coefficient (Wildman–Crippen LogP) is 4.22. The van der Waals surface area contributed by atoms with Gasteiger partial charge in [-0.25, -0.2) is 0 Å². The van der Waals surface area contributed by atoms with Crippen molar-refractivity contribution in [2.24, 2.45) is 5.92 Å². The Hall–Kier alpha value is -2.89. The molecule has 1 aliphatic rings. The molecule has 4 rings (SSSR count). The van der Waals surface area contributed by atoms with Crippen molar-refractivity contribution in [2.75, 3.05) is 5.32 Å². The second-order valence-corrected chi connectivity index (χ2v) is 8.44. The second-order valence-electron chi connectivity index (χ2n) is 8.44. The predicted molar refractivity (Wildman–Crippen MR) is 116 cm³/mol. The van der Waals surface area contributed by atoms with Gasteiger partial charge >= 0.3 is 0 Å². The fraction of sp³-hybridized carbons (Fsp3) is 0.435. The Morgan fingerprint density at radius 1 is 1.07 bits per heavy atom. The molecule has 0 atom stereocenters. The first-order valence-corrected chi connectivity index (χ1v) is 10.5. The van der Waals surface area contributed by atoms with Crippen LogP contribution in [0.5, 0.6) is 0 Å². The third kappa shape index (κ3) is 4.58. The molecule has 2 heterocycles. The zero-order chi connectivity index (χ0) is 20.2. The number of aromatic nitrogens is 4. The van der Waals surface area contributed by atoms with Gasteiger partial charge in [0.25, 0.3) is 5.56 Å². The first kappa shape index (κ1) is 19.4. The average molecular weight is 392 g/mol. The van der Waals surface area contributed by atoms with Crippen molar-refractivity contribution in [1.82, 2.24) is 19.3 Å². The number of benzene rings is 1. The van der Waals surface area contributed by atoms with Crippen molar-refractivity contribution >= 4 is 5.69 Å². The minimum atomic E-state index is 0.0423. The first-order chi connectivity index (χ1) is 14.1. The smallest absolute Gasteiger partial charge is 0.274 e. The summed E-state index contributed by atoms with van der Waals surface area (Å²) in [5, 5.41) is 11.3. The molecule has 29 heavy (non-hydrogen) atoms. The van der Waals surface area contributed by atoms with Crippen LogP contribution in [0.25, 0.3) is 5.69 Å². The van der Waals surface area contributed by atoms with Gasteiger partial charge in [0, 0.05) is 18.8 Å². The van der Waals surface area contributed by atoms with E-state index in [2.05, 4.69) is 59.7 Å². The van der Waals surface area contributed by atoms with Crippen LogP contribution in [0.3, 0.4) is 0 Å². The fourth-order valence-corrected chi connectivity index (χ4v) is 4.24. The maximum atomic E-state index is 13.0. The van der Waals surface area contributed by atoms with Crippen molar-refractivity contribution in [2.45, 2.75) is 58.0 Å². The highest BCUT2D eigenvalue weighted by Gasteiger charge is 2.23. The van der Waals surface area contributed by atoms with Gasteiger partial charge in [-0.2, -0.15) is 0 Å². The summed E-state index contributed by atoms with van der Waals surface area (Å²) in [5.41, 5.74) is 3.04. The molecule has 3 aromatic rings. The summed E-state index contributed by atoms with van der Waals surface area (Å²) >= 11 is 0. The summed E-state index contributed by atoms with van der Waals surface area (Å²) in [5.74, 6) is 1.01. The third-order valence-electron chi connectivity index (χ3n) is 5.71. The number of nitrogens with one attached hydrogen (secondary N) is 1. The minimum Gasteiger partial charge on any atom is -0.378 e. The Balaban J connectivity index is 1.52. The quantitative estimate of drug-likeness (QED) is 0.683. The van der Waals surface area contributed by atoms with Gasteiger partial charge in [0.05, 0.1) is 5.69 Å². The van der Waals surface area contributed by atoms with Crippen LogP contribution in [0.1, 0.15) is 51.0 Å². The van der Waals surface area contributed by atoms with E-state index < -0.39 is 0 Å². The lowest BCUT2D eigenvalue weighted by Crippen LogP contribution is -2.31. The van der Waals surface area contributed by atoms with Crippen LogP contribution in [-0.2, 0) is 6.54 Å². The monoisotopic (exact) mass is 391 g/mol. The van der Waals surface area contributed by atoms with E-state index in [0.29, 0.717) is 30.1 Å². The summed E-state index contributed by atoms with van der Waals surface area (Å²) < 4.78 is 3.64. The number of rotatable bonds is 6. The fourth-order valence-electron chi connectivity index (χ4n) is 4.24. The van der Waals surface area contributed by atoms with Gasteiger partial charge < -0.3 is 9.88 Å². The summed E-state index contributed by atoms with van der Waals surface area (Å²) in [7, 11) is 0. The van der Waals surface area contributed by atoms with Gasteiger partial charge in [0.15, 0.2) is 0 Å². The molecule has 1 saturated carbocycles. The molecule has 0 aliphatic heterocycles. The van der Waals surface area contributed by atoms with E-state index >= 15 is 0 Å². The number of pyridine rings is 1. The van der Waals surface area contributed by atoms with Crippen LogP contribution < -0.4 is 10.9 Å². The molecule has 1 fully saturated rings. The SMILES string of the molecule is CC(C)Cn1cc(-n2cnnc2)cc(N[C@H]2CC[C@@H](c3ccccc3)CC2)c1=O. The highest BCUT2D eigenvalue weighted by Crippen LogP contribution is 2.33. The van der Waals surface area contributed by atoms with Gasteiger partial charge in [-0.3, -0.25) is 9.36 Å². The molecular formula is C23H29N5O. The molecule has 0 amide bonds. The summed E-state index contributed by atoms with van der Waals surface area (Å²) in [4.78, 5) is 13.0. The lowest BCUT2D eigenvalue weighted by atomic mass is 9.82. The van der Waals surface area contributed by atoms with E-state index in [9.17, 15) is 4.79 Å². The number of hydrogen-bond acceptors (Lipinski definition) is 4. The van der Waals surface area contributed by atoms with Gasteiger partial charge in [-0.1, -0.05) is 44.2 Å². The molecule has 1 aliphatic carbocycles. The molecule has 0 radical (unpaired) electrons. The average Bonchev–Trinajstić information content (AvgIpc) is 3.27. The van der Waals surface area contributed by atoms with E-state index in [0.717, 1.165) is 31.4 Å². The number of anilines is 1. The molecule has 6 nitrogen and oxygen atoms in total. The number of hydrogen-bond donors (Lipinski definition) is 1. The van der Waals surface area contributed by atoms with Gasteiger partial charge in [0.1, 0.15) is 18.3 Å². The molecule has 0 bridgehead atoms. The molecule has 1 N–H and O–H groups in total. The zero-order valence-electron chi connectivity index (χ0n) is 17.2. The summed E-state index contributed by atoms with van der Waals surface area (Å²) in [6, 6.07) is 13.0. The molecule has 2 aromatic heterocycles. The van der Waals surface area contributed by atoms with E-state index in [1.165, 1.54) is 5.56 Å². The molecule has 0 spiro atoms. The van der Waals surface area contributed by atoms with Crippen LogP contribution >= 0.6 is 0 Å². The Morgan fingerprint density at radius 3 is 2.41 bits per heavy atom. The zero-order valence-corrected chi connectivity index (χ0v) is 17.2. The molecule has 0 saturated heterocycles. The van der Waals surface area contributed by atoms with E-state index in [1.807, 2.05) is 16.8 Å². The van der Waals surface area contributed by atoms with Crippen molar-refractivity contribution in [3.63, 3.8) is 0 Å². The third-order valence-corrected chi connectivity index (χ3v) is 5.71. The van der Waals surface area contributed by atoms with Gasteiger partial charge in [-0.05, 0) is 49.1 Å². The largest absolute Gasteiger partial charge is 0.378 e. The Morgan fingerprint density at radius 2 is 1.76 bits per heavy atom. The van der Waals surface area contributed by atoms with Crippen LogP contribution in [0.4, 0.5) is 5.69 Å². The molecule has 152 valence electrons. The van der Waals surface area contributed by atoms with Crippen LogP contribution in [0.2, 0.25) is 0 Å². The Labute approximate surface area is 171 Å². The van der Waals surface area contributed by atoms with Crippen molar-refractivity contribution in [1.29, 1.82) is 0 Å². The summed E-state index contributed by atoms with van der Waals surface area (Å²) in [6.07, 6.45) is 9.64. The van der Waals surface area contributed by atoms with Crippen LogP contribution in [0, 0.1) is 5.92 Å². The van der Waals surface area contributed by atoms with Crippen molar-refractivity contribution < 1.29 is 0 Å². The topological polar surface area (TPSA) is 64.7 Å². The molecule has 6 heteroatoms. The highest BCUT2D eigenvalue weighted by molar-refractivity contribution is 5.49.